The Morgan fingerprint density at radius 2 is 2.21 bits per heavy atom. The Morgan fingerprint density at radius 3 is 2.79 bits per heavy atom. The van der Waals surface area contributed by atoms with Gasteiger partial charge in [0.25, 0.3) is 0 Å². The van der Waals surface area contributed by atoms with Crippen LogP contribution in [0.3, 0.4) is 0 Å². The lowest BCUT2D eigenvalue weighted by atomic mass is 10.4. The first-order valence-electron chi connectivity index (χ1n) is 4.54. The average Bonchev–Trinajstić information content (AvgIpc) is 2.99. The van der Waals surface area contributed by atoms with Gasteiger partial charge in [0.1, 0.15) is 11.6 Å². The molecule has 0 amide bonds. The third kappa shape index (κ3) is 1.69. The smallest absolute Gasteiger partial charge is 0.223 e. The van der Waals surface area contributed by atoms with Gasteiger partial charge in [-0.1, -0.05) is 0 Å². The van der Waals surface area contributed by atoms with Crippen molar-refractivity contribution in [3.63, 3.8) is 0 Å². The Morgan fingerprint density at radius 1 is 1.50 bits per heavy atom. The van der Waals surface area contributed by atoms with Gasteiger partial charge in [0.15, 0.2) is 0 Å². The second kappa shape index (κ2) is 3.30. The summed E-state index contributed by atoms with van der Waals surface area (Å²) in [6, 6.07) is 2.38. The van der Waals surface area contributed by atoms with E-state index in [0.29, 0.717) is 11.9 Å². The first-order chi connectivity index (χ1) is 6.70. The van der Waals surface area contributed by atoms with Gasteiger partial charge in [0.05, 0.1) is 0 Å². The van der Waals surface area contributed by atoms with Gasteiger partial charge in [0.2, 0.25) is 5.95 Å². The summed E-state index contributed by atoms with van der Waals surface area (Å²) in [5.74, 6) is 6.86. The number of hydrogen-bond donors (Lipinski definition) is 3. The van der Waals surface area contributed by atoms with E-state index in [1.165, 1.54) is 12.8 Å². The molecule has 5 N–H and O–H groups in total. The lowest BCUT2D eigenvalue weighted by Crippen LogP contribution is -2.22. The molecule has 1 heterocycles. The van der Waals surface area contributed by atoms with Crippen molar-refractivity contribution < 1.29 is 0 Å². The molecule has 0 spiro atoms. The number of anilines is 3. The number of hydrogen-bond acceptors (Lipinski definition) is 6. The van der Waals surface area contributed by atoms with Gasteiger partial charge in [-0.2, -0.15) is 9.97 Å². The van der Waals surface area contributed by atoms with Crippen LogP contribution in [0.15, 0.2) is 6.07 Å². The Labute approximate surface area is 82.3 Å². The predicted molar refractivity (Wildman–Crippen MR) is 55.7 cm³/mol. The normalized spacial score (nSPS) is 15.3. The molecule has 0 aromatic carbocycles. The molecule has 1 fully saturated rings. The highest BCUT2D eigenvalue weighted by molar-refractivity contribution is 5.52. The van der Waals surface area contributed by atoms with Gasteiger partial charge in [-0.15, -0.1) is 0 Å². The summed E-state index contributed by atoms with van der Waals surface area (Å²) in [6.45, 7) is 0. The molecule has 1 aromatic heterocycles. The van der Waals surface area contributed by atoms with E-state index in [2.05, 4.69) is 20.3 Å². The molecular formula is C8H14N6. The predicted octanol–water partition coefficient (Wildman–Crippen LogP) is -0.0570. The zero-order chi connectivity index (χ0) is 10.1. The molecule has 0 unspecified atom stereocenters. The van der Waals surface area contributed by atoms with Gasteiger partial charge < -0.3 is 16.1 Å². The van der Waals surface area contributed by atoms with Crippen LogP contribution >= 0.6 is 0 Å². The molecule has 6 nitrogen and oxygen atoms in total. The second-order valence-electron chi connectivity index (χ2n) is 3.46. The quantitative estimate of drug-likeness (QED) is 0.461. The van der Waals surface area contributed by atoms with Gasteiger partial charge in [-0.25, -0.2) is 5.84 Å². The maximum Gasteiger partial charge on any atom is 0.223 e. The lowest BCUT2D eigenvalue weighted by Gasteiger charge is -2.17. The molecular weight excluding hydrogens is 180 g/mol. The molecule has 2 rings (SSSR count). The number of nitrogens with zero attached hydrogens (tertiary/aromatic N) is 3. The highest BCUT2D eigenvalue weighted by Crippen LogP contribution is 2.29. The number of nitrogens with two attached hydrogens (primary N) is 2. The minimum Gasteiger partial charge on any atom is -0.368 e. The Kier molecular flexibility index (Phi) is 2.12. The molecule has 1 aliphatic rings. The number of hydrazine groups is 1. The number of nitrogen functional groups attached to an aromatic ring is 2. The highest BCUT2D eigenvalue weighted by atomic mass is 15.3. The van der Waals surface area contributed by atoms with Crippen LogP contribution in [0.1, 0.15) is 12.8 Å². The summed E-state index contributed by atoms with van der Waals surface area (Å²) in [6.07, 6.45) is 2.43. The van der Waals surface area contributed by atoms with Crippen LogP contribution in [0, 0.1) is 0 Å². The van der Waals surface area contributed by atoms with Gasteiger partial charge in [-0.3, -0.25) is 0 Å². The van der Waals surface area contributed by atoms with E-state index in [-0.39, 0.29) is 5.95 Å². The van der Waals surface area contributed by atoms with Gasteiger partial charge in [0, 0.05) is 19.2 Å². The topological polar surface area (TPSA) is 93.1 Å². The molecule has 14 heavy (non-hydrogen) atoms. The number of rotatable bonds is 3. The van der Waals surface area contributed by atoms with Crippen molar-refractivity contribution in [2.45, 2.75) is 18.9 Å². The zero-order valence-corrected chi connectivity index (χ0v) is 8.07. The Bertz CT molecular complexity index is 335. The van der Waals surface area contributed by atoms with E-state index >= 15 is 0 Å². The number of nitrogens with one attached hydrogen (secondary N) is 1. The van der Waals surface area contributed by atoms with E-state index in [4.69, 9.17) is 11.6 Å². The first kappa shape index (κ1) is 9.01. The minimum atomic E-state index is 0.239. The largest absolute Gasteiger partial charge is 0.368 e. The minimum absolute atomic E-state index is 0.239. The third-order valence-electron chi connectivity index (χ3n) is 2.33. The van der Waals surface area contributed by atoms with Gasteiger partial charge in [-0.05, 0) is 12.8 Å². The summed E-state index contributed by atoms with van der Waals surface area (Å²) in [5, 5.41) is 0. The van der Waals surface area contributed by atoms with Crippen molar-refractivity contribution >= 4 is 17.6 Å². The molecule has 0 atom stereocenters. The van der Waals surface area contributed by atoms with Crippen molar-refractivity contribution in [1.82, 2.24) is 9.97 Å². The molecule has 1 saturated carbocycles. The highest BCUT2D eigenvalue weighted by Gasteiger charge is 2.27. The van der Waals surface area contributed by atoms with Crippen molar-refractivity contribution in [3.8, 4) is 0 Å². The monoisotopic (exact) mass is 194 g/mol. The van der Waals surface area contributed by atoms with E-state index in [9.17, 15) is 0 Å². The lowest BCUT2D eigenvalue weighted by molar-refractivity contribution is 0.888. The van der Waals surface area contributed by atoms with Crippen LogP contribution in [0.4, 0.5) is 17.6 Å². The molecule has 76 valence electrons. The average molecular weight is 194 g/mol. The molecule has 1 aromatic rings. The summed E-state index contributed by atoms with van der Waals surface area (Å²) >= 11 is 0. The van der Waals surface area contributed by atoms with Crippen LogP contribution in [0.25, 0.3) is 0 Å². The van der Waals surface area contributed by atoms with Crippen LogP contribution in [0.2, 0.25) is 0 Å². The fourth-order valence-corrected chi connectivity index (χ4v) is 1.36. The maximum atomic E-state index is 5.55. The van der Waals surface area contributed by atoms with Crippen molar-refractivity contribution in [2.24, 2.45) is 5.84 Å². The van der Waals surface area contributed by atoms with Crippen molar-refractivity contribution in [2.75, 3.05) is 23.1 Å². The summed E-state index contributed by atoms with van der Waals surface area (Å²) in [7, 11) is 2.00. The van der Waals surface area contributed by atoms with Crippen LogP contribution in [-0.4, -0.2) is 23.1 Å². The van der Waals surface area contributed by atoms with Crippen molar-refractivity contribution in [3.05, 3.63) is 6.07 Å². The molecule has 0 bridgehead atoms. The summed E-state index contributed by atoms with van der Waals surface area (Å²) < 4.78 is 0. The van der Waals surface area contributed by atoms with Gasteiger partial charge >= 0.3 is 0 Å². The van der Waals surface area contributed by atoms with E-state index in [0.717, 1.165) is 5.82 Å². The van der Waals surface area contributed by atoms with E-state index in [1.54, 1.807) is 6.07 Å². The zero-order valence-electron chi connectivity index (χ0n) is 8.07. The maximum absolute atomic E-state index is 5.55. The van der Waals surface area contributed by atoms with Crippen LogP contribution in [0.5, 0.6) is 0 Å². The third-order valence-corrected chi connectivity index (χ3v) is 2.33. The summed E-state index contributed by atoms with van der Waals surface area (Å²) in [5.41, 5.74) is 8.01. The molecule has 0 aliphatic heterocycles. The SMILES string of the molecule is CN(c1cc(NN)nc(N)n1)C1CC1. The number of aromatic nitrogens is 2. The molecule has 6 heteroatoms. The molecule has 0 radical (unpaired) electrons. The first-order valence-corrected chi connectivity index (χ1v) is 4.54. The van der Waals surface area contributed by atoms with Crippen LogP contribution < -0.4 is 21.9 Å². The van der Waals surface area contributed by atoms with Crippen LogP contribution in [-0.2, 0) is 0 Å². The molecule has 1 aliphatic carbocycles. The Balaban J connectivity index is 2.27. The molecule has 0 saturated heterocycles. The fourth-order valence-electron chi connectivity index (χ4n) is 1.36. The summed E-state index contributed by atoms with van der Waals surface area (Å²) in [4.78, 5) is 10.2. The second-order valence-corrected chi connectivity index (χ2v) is 3.46. The fraction of sp³-hybridized carbons (Fsp3) is 0.500. The Hall–Kier alpha value is -1.56. The van der Waals surface area contributed by atoms with Crippen molar-refractivity contribution in [1.29, 1.82) is 0 Å². The standard InChI is InChI=1S/C8H14N6/c1-14(5-2-3-5)7-4-6(13-10)11-8(9)12-7/h4-5H,2-3,10H2,1H3,(H3,9,11,12,13). The van der Waals surface area contributed by atoms with E-state index < -0.39 is 0 Å². The van der Waals surface area contributed by atoms with E-state index in [1.807, 2.05) is 7.05 Å².